The highest BCUT2D eigenvalue weighted by atomic mass is 35.6. The number of hydrogen-bond acceptors (Lipinski definition) is 1. The average Bonchev–Trinajstić information content (AvgIpc) is 2.56. The lowest BCUT2D eigenvalue weighted by molar-refractivity contribution is 1.32. The maximum Gasteiger partial charge on any atom is 0.249 e. The number of aliphatic imine (C=N–C) groups is 3. The summed E-state index contributed by atoms with van der Waals surface area (Å²) in [6.07, 6.45) is 0. The molecule has 0 N–H and O–H groups in total. The highest BCUT2D eigenvalue weighted by molar-refractivity contribution is 6.76. The minimum Gasteiger partial charge on any atom is -0.270 e. The Balaban J connectivity index is 2.35. The quantitative estimate of drug-likeness (QED) is 0.398. The fraction of sp³-hybridized carbons (Fsp3) is 0.118. The maximum atomic E-state index is 5.82. The summed E-state index contributed by atoms with van der Waals surface area (Å²) in [6.45, 7) is 3.52. The highest BCUT2D eigenvalue weighted by Crippen LogP contribution is 2.29. The van der Waals surface area contributed by atoms with E-state index in [0.717, 1.165) is 16.7 Å². The van der Waals surface area contributed by atoms with Crippen LogP contribution in [0.4, 0.5) is 0 Å². The fourth-order valence-corrected chi connectivity index (χ4v) is 2.35. The minimum atomic E-state index is -1.71. The molecule has 0 spiro atoms. The van der Waals surface area contributed by atoms with E-state index in [-0.39, 0.29) is 5.84 Å². The Morgan fingerprint density at radius 3 is 1.96 bits per heavy atom. The number of alkyl halides is 3. The molecule has 2 aromatic carbocycles. The van der Waals surface area contributed by atoms with Crippen molar-refractivity contribution in [3.8, 4) is 11.1 Å². The van der Waals surface area contributed by atoms with Crippen LogP contribution in [-0.2, 0) is 0 Å². The number of nitrogens with zero attached hydrogens (tertiary/aromatic N) is 3. The molecule has 23 heavy (non-hydrogen) atoms. The van der Waals surface area contributed by atoms with Crippen molar-refractivity contribution < 1.29 is 0 Å². The molecule has 0 heterocycles. The Kier molecular flexibility index (Phi) is 5.94. The van der Waals surface area contributed by atoms with E-state index in [1.807, 2.05) is 54.6 Å². The molecule has 118 valence electrons. The van der Waals surface area contributed by atoms with Gasteiger partial charge in [-0.05, 0) is 17.8 Å². The molecular weight excluding hydrogens is 353 g/mol. The van der Waals surface area contributed by atoms with Crippen molar-refractivity contribution >= 4 is 53.2 Å². The van der Waals surface area contributed by atoms with Gasteiger partial charge >= 0.3 is 0 Å². The Hall–Kier alpha value is -1.68. The third-order valence-corrected chi connectivity index (χ3v) is 3.58. The molecule has 0 unspecified atom stereocenters. The van der Waals surface area contributed by atoms with Gasteiger partial charge in [0.15, 0.2) is 11.7 Å². The summed E-state index contributed by atoms with van der Waals surface area (Å²) in [5.41, 5.74) is 2.97. The van der Waals surface area contributed by atoms with E-state index in [1.54, 1.807) is 0 Å². The van der Waals surface area contributed by atoms with Crippen molar-refractivity contribution in [1.82, 2.24) is 0 Å². The first-order chi connectivity index (χ1) is 11.0. The van der Waals surface area contributed by atoms with Gasteiger partial charge in [-0.25, -0.2) is 9.98 Å². The molecular formula is C17H14Cl3N3. The molecule has 0 atom stereocenters. The summed E-state index contributed by atoms with van der Waals surface area (Å²) >= 11 is 17.5. The lowest BCUT2D eigenvalue weighted by Crippen LogP contribution is -2.18. The largest absolute Gasteiger partial charge is 0.270 e. The Morgan fingerprint density at radius 1 is 0.913 bits per heavy atom. The molecule has 0 saturated heterocycles. The van der Waals surface area contributed by atoms with Crippen molar-refractivity contribution in [2.24, 2.45) is 15.0 Å². The Labute approximate surface area is 150 Å². The minimum absolute atomic E-state index is 0.0528. The Bertz CT molecular complexity index is 730. The summed E-state index contributed by atoms with van der Waals surface area (Å²) in [5, 5.41) is 0. The van der Waals surface area contributed by atoms with Crippen LogP contribution in [-0.4, -0.2) is 29.2 Å². The van der Waals surface area contributed by atoms with E-state index in [0.29, 0.717) is 5.84 Å². The number of halogens is 3. The second kappa shape index (κ2) is 7.73. The lowest BCUT2D eigenvalue weighted by atomic mass is 10.0. The van der Waals surface area contributed by atoms with E-state index in [1.165, 1.54) is 7.05 Å². The molecule has 0 bridgehead atoms. The summed E-state index contributed by atoms with van der Waals surface area (Å²) in [4.78, 5) is 12.0. The number of amidine groups is 2. The predicted octanol–water partition coefficient (Wildman–Crippen LogP) is 5.20. The average molecular weight is 367 g/mol. The molecule has 0 radical (unpaired) electrons. The van der Waals surface area contributed by atoms with Gasteiger partial charge in [0.25, 0.3) is 0 Å². The molecule has 0 aliphatic heterocycles. The summed E-state index contributed by atoms with van der Waals surface area (Å²) in [7, 11) is 1.50. The van der Waals surface area contributed by atoms with Gasteiger partial charge < -0.3 is 0 Å². The van der Waals surface area contributed by atoms with Crippen LogP contribution in [0.25, 0.3) is 11.1 Å². The number of benzene rings is 2. The molecule has 0 aliphatic rings. The second-order valence-corrected chi connectivity index (χ2v) is 6.86. The van der Waals surface area contributed by atoms with Gasteiger partial charge in [-0.2, -0.15) is 0 Å². The third-order valence-electron chi connectivity index (χ3n) is 3.08. The van der Waals surface area contributed by atoms with Gasteiger partial charge in [0.2, 0.25) is 3.79 Å². The molecule has 2 aromatic rings. The zero-order chi connectivity index (χ0) is 16.9. The van der Waals surface area contributed by atoms with Crippen LogP contribution in [0, 0.1) is 0 Å². The van der Waals surface area contributed by atoms with Crippen LogP contribution in [0.5, 0.6) is 0 Å². The lowest BCUT2D eigenvalue weighted by Gasteiger charge is -2.11. The van der Waals surface area contributed by atoms with E-state index >= 15 is 0 Å². The maximum absolute atomic E-state index is 5.82. The van der Waals surface area contributed by atoms with E-state index in [4.69, 9.17) is 34.8 Å². The van der Waals surface area contributed by atoms with Crippen LogP contribution >= 0.6 is 34.8 Å². The summed E-state index contributed by atoms with van der Waals surface area (Å²) in [5.74, 6) is 0.397. The van der Waals surface area contributed by atoms with Crippen molar-refractivity contribution in [2.45, 2.75) is 3.79 Å². The third kappa shape index (κ3) is 4.64. The second-order valence-electron chi connectivity index (χ2n) is 4.58. The molecule has 0 aliphatic carbocycles. The van der Waals surface area contributed by atoms with Crippen LogP contribution in [0.2, 0.25) is 0 Å². The molecule has 0 fully saturated rings. The van der Waals surface area contributed by atoms with Crippen LogP contribution in [0.1, 0.15) is 5.56 Å². The highest BCUT2D eigenvalue weighted by Gasteiger charge is 2.28. The van der Waals surface area contributed by atoms with Crippen molar-refractivity contribution in [2.75, 3.05) is 7.05 Å². The van der Waals surface area contributed by atoms with Crippen molar-refractivity contribution in [1.29, 1.82) is 0 Å². The summed E-state index contributed by atoms with van der Waals surface area (Å²) < 4.78 is -1.71. The van der Waals surface area contributed by atoms with Gasteiger partial charge in [-0.3, -0.25) is 4.99 Å². The van der Waals surface area contributed by atoms with E-state index in [2.05, 4.69) is 21.7 Å². The van der Waals surface area contributed by atoms with Crippen LogP contribution in [0.3, 0.4) is 0 Å². The molecule has 0 saturated carbocycles. The normalized spacial score (nSPS) is 13.0. The van der Waals surface area contributed by atoms with Gasteiger partial charge in [0.1, 0.15) is 0 Å². The van der Waals surface area contributed by atoms with E-state index in [9.17, 15) is 0 Å². The van der Waals surface area contributed by atoms with Crippen molar-refractivity contribution in [3.05, 3.63) is 60.2 Å². The standard InChI is InChI=1S/C17H14Cl3N3/c1-21-15(23-16(22-2)17(18,19)20)14-10-8-13(9-11-14)12-6-4-3-5-7-12/h3-11H,1H2,2H3/b22-16-,23-15-. The van der Waals surface area contributed by atoms with Gasteiger partial charge in [0.05, 0.1) is 0 Å². The number of hydrogen-bond donors (Lipinski definition) is 0. The zero-order valence-corrected chi connectivity index (χ0v) is 14.6. The molecule has 0 aromatic heterocycles. The fourth-order valence-electron chi connectivity index (χ4n) is 1.97. The van der Waals surface area contributed by atoms with Gasteiger partial charge in [0, 0.05) is 12.6 Å². The van der Waals surface area contributed by atoms with Crippen LogP contribution < -0.4 is 0 Å². The number of rotatable bonds is 2. The van der Waals surface area contributed by atoms with Crippen molar-refractivity contribution in [3.63, 3.8) is 0 Å². The first-order valence-electron chi connectivity index (χ1n) is 6.71. The SMILES string of the molecule is C=N/C(=N\C(=N/C)C(Cl)(Cl)Cl)c1ccc(-c2ccccc2)cc1. The molecule has 3 nitrogen and oxygen atoms in total. The van der Waals surface area contributed by atoms with Gasteiger partial charge in [-0.15, -0.1) is 0 Å². The van der Waals surface area contributed by atoms with Crippen LogP contribution in [0.15, 0.2) is 69.6 Å². The zero-order valence-electron chi connectivity index (χ0n) is 12.4. The Morgan fingerprint density at radius 2 is 1.48 bits per heavy atom. The first kappa shape index (κ1) is 17.7. The monoisotopic (exact) mass is 365 g/mol. The summed E-state index contributed by atoms with van der Waals surface area (Å²) in [6, 6.07) is 17.8. The molecule has 0 amide bonds. The first-order valence-corrected chi connectivity index (χ1v) is 7.84. The molecule has 2 rings (SSSR count). The molecule has 6 heteroatoms. The topological polar surface area (TPSA) is 37.1 Å². The van der Waals surface area contributed by atoms with E-state index < -0.39 is 3.79 Å². The smallest absolute Gasteiger partial charge is 0.249 e. The predicted molar refractivity (Wildman–Crippen MR) is 102 cm³/mol. The van der Waals surface area contributed by atoms with Gasteiger partial charge in [-0.1, -0.05) is 89.4 Å².